The van der Waals surface area contributed by atoms with Gasteiger partial charge in [0.15, 0.2) is 0 Å². The molecule has 126 valence electrons. The average molecular weight is 326 g/mol. The number of aryl methyl sites for hydroxylation is 1. The van der Waals surface area contributed by atoms with Gasteiger partial charge in [0.1, 0.15) is 5.54 Å². The van der Waals surface area contributed by atoms with Crippen molar-refractivity contribution in [3.8, 4) is 5.69 Å². The van der Waals surface area contributed by atoms with E-state index in [4.69, 9.17) is 0 Å². The summed E-state index contributed by atoms with van der Waals surface area (Å²) >= 11 is 0. The molecule has 0 atom stereocenters. The van der Waals surface area contributed by atoms with Crippen molar-refractivity contribution in [2.24, 2.45) is 0 Å². The van der Waals surface area contributed by atoms with Crippen molar-refractivity contribution in [1.82, 2.24) is 19.6 Å². The molecule has 0 bridgehead atoms. The molecule has 0 aliphatic carbocycles. The van der Waals surface area contributed by atoms with Gasteiger partial charge in [-0.3, -0.25) is 9.59 Å². The summed E-state index contributed by atoms with van der Waals surface area (Å²) in [5.41, 5.74) is 1.65. The van der Waals surface area contributed by atoms with Crippen molar-refractivity contribution in [2.45, 2.75) is 26.3 Å². The predicted octanol–water partition coefficient (Wildman–Crippen LogP) is 1.87. The van der Waals surface area contributed by atoms with Crippen LogP contribution in [0.2, 0.25) is 0 Å². The Kier molecular flexibility index (Phi) is 3.91. The summed E-state index contributed by atoms with van der Waals surface area (Å²) in [6.07, 6.45) is 3.29. The summed E-state index contributed by atoms with van der Waals surface area (Å²) in [5.74, 6) is -0.213. The summed E-state index contributed by atoms with van der Waals surface area (Å²) in [6, 6.07) is 7.86. The largest absolute Gasteiger partial charge is 0.342 e. The lowest BCUT2D eigenvalue weighted by Gasteiger charge is -2.44. The van der Waals surface area contributed by atoms with Gasteiger partial charge in [0.05, 0.1) is 17.4 Å². The SMILES string of the molecule is Cc1ccccc1-n1cc(C(=O)N2CCN(C)C(=O)C2(C)C)cn1. The Hall–Kier alpha value is -2.63. The van der Waals surface area contributed by atoms with Crippen molar-refractivity contribution < 1.29 is 9.59 Å². The lowest BCUT2D eigenvalue weighted by molar-refractivity contribution is -0.144. The van der Waals surface area contributed by atoms with Crippen LogP contribution in [0.3, 0.4) is 0 Å². The van der Waals surface area contributed by atoms with Gasteiger partial charge in [-0.05, 0) is 32.4 Å². The Labute approximate surface area is 141 Å². The number of nitrogens with zero attached hydrogens (tertiary/aromatic N) is 4. The molecule has 0 N–H and O–H groups in total. The van der Waals surface area contributed by atoms with Gasteiger partial charge in [-0.15, -0.1) is 0 Å². The van der Waals surface area contributed by atoms with Gasteiger partial charge in [-0.25, -0.2) is 4.68 Å². The Morgan fingerprint density at radius 3 is 2.62 bits per heavy atom. The van der Waals surface area contributed by atoms with E-state index < -0.39 is 5.54 Å². The van der Waals surface area contributed by atoms with E-state index in [0.29, 0.717) is 18.7 Å². The number of hydrogen-bond acceptors (Lipinski definition) is 3. The standard InChI is InChI=1S/C18H22N4O2/c1-13-7-5-6-8-15(13)22-12-14(11-19-22)16(23)21-10-9-20(4)17(24)18(21,2)3/h5-8,11-12H,9-10H2,1-4H3. The Bertz CT molecular complexity index is 794. The molecule has 1 fully saturated rings. The molecule has 1 aromatic heterocycles. The number of amides is 2. The fourth-order valence-corrected chi connectivity index (χ4v) is 3.11. The zero-order valence-corrected chi connectivity index (χ0v) is 14.5. The molecule has 1 saturated heterocycles. The molecule has 2 amide bonds. The number of piperazine rings is 1. The van der Waals surface area contributed by atoms with Crippen molar-refractivity contribution in [2.75, 3.05) is 20.1 Å². The van der Waals surface area contributed by atoms with Crippen LogP contribution in [0.1, 0.15) is 29.8 Å². The van der Waals surface area contributed by atoms with Crippen LogP contribution in [0.15, 0.2) is 36.7 Å². The third-order valence-electron chi connectivity index (χ3n) is 4.64. The number of hydrogen-bond donors (Lipinski definition) is 0. The first kappa shape index (κ1) is 16.2. The van der Waals surface area contributed by atoms with Crippen molar-refractivity contribution >= 4 is 11.8 Å². The first-order valence-corrected chi connectivity index (χ1v) is 8.00. The molecule has 24 heavy (non-hydrogen) atoms. The molecule has 2 heterocycles. The first-order valence-electron chi connectivity index (χ1n) is 8.00. The van der Waals surface area contributed by atoms with Gasteiger partial charge in [0.2, 0.25) is 5.91 Å². The van der Waals surface area contributed by atoms with Gasteiger partial charge in [0, 0.05) is 26.3 Å². The van der Waals surface area contributed by atoms with Gasteiger partial charge in [-0.2, -0.15) is 5.10 Å². The Morgan fingerprint density at radius 2 is 1.92 bits per heavy atom. The van der Waals surface area contributed by atoms with Crippen LogP contribution < -0.4 is 0 Å². The van der Waals surface area contributed by atoms with Crippen LogP contribution >= 0.6 is 0 Å². The quantitative estimate of drug-likeness (QED) is 0.846. The highest BCUT2D eigenvalue weighted by Gasteiger charge is 2.43. The molecule has 0 unspecified atom stereocenters. The van der Waals surface area contributed by atoms with E-state index >= 15 is 0 Å². The molecule has 1 aliphatic heterocycles. The van der Waals surface area contributed by atoms with Gasteiger partial charge < -0.3 is 9.80 Å². The molecule has 6 nitrogen and oxygen atoms in total. The van der Waals surface area contributed by atoms with E-state index in [1.807, 2.05) is 31.2 Å². The minimum Gasteiger partial charge on any atom is -0.342 e. The topological polar surface area (TPSA) is 58.4 Å². The second kappa shape index (κ2) is 5.78. The van der Waals surface area contributed by atoms with Crippen LogP contribution in [0.4, 0.5) is 0 Å². The van der Waals surface area contributed by atoms with Crippen LogP contribution in [-0.2, 0) is 4.79 Å². The maximum absolute atomic E-state index is 12.9. The first-order chi connectivity index (χ1) is 11.3. The smallest absolute Gasteiger partial charge is 0.257 e. The maximum Gasteiger partial charge on any atom is 0.257 e. The summed E-state index contributed by atoms with van der Waals surface area (Å²) in [4.78, 5) is 28.6. The molecular weight excluding hydrogens is 304 g/mol. The maximum atomic E-state index is 12.9. The summed E-state index contributed by atoms with van der Waals surface area (Å²) in [5, 5.41) is 4.32. The van der Waals surface area contributed by atoms with Crippen LogP contribution in [0.25, 0.3) is 5.69 Å². The van der Waals surface area contributed by atoms with E-state index in [0.717, 1.165) is 11.3 Å². The predicted molar refractivity (Wildman–Crippen MR) is 91.1 cm³/mol. The molecular formula is C18H22N4O2. The van der Waals surface area contributed by atoms with Gasteiger partial charge >= 0.3 is 0 Å². The Balaban J connectivity index is 1.89. The van der Waals surface area contributed by atoms with Crippen LogP contribution in [0.5, 0.6) is 0 Å². The summed E-state index contributed by atoms with van der Waals surface area (Å²) < 4.78 is 1.70. The minimum absolute atomic E-state index is 0.0478. The molecule has 0 spiro atoms. The fourth-order valence-electron chi connectivity index (χ4n) is 3.11. The molecule has 1 aliphatic rings. The monoisotopic (exact) mass is 326 g/mol. The third-order valence-corrected chi connectivity index (χ3v) is 4.64. The molecule has 0 radical (unpaired) electrons. The second-order valence-corrected chi connectivity index (χ2v) is 6.70. The number of para-hydroxylation sites is 1. The van der Waals surface area contributed by atoms with Crippen LogP contribution in [-0.4, -0.2) is 57.1 Å². The van der Waals surface area contributed by atoms with Crippen molar-refractivity contribution in [3.63, 3.8) is 0 Å². The summed E-state index contributed by atoms with van der Waals surface area (Å²) in [7, 11) is 1.77. The lowest BCUT2D eigenvalue weighted by Crippen LogP contribution is -2.63. The van der Waals surface area contributed by atoms with Gasteiger partial charge in [0.25, 0.3) is 5.91 Å². The van der Waals surface area contributed by atoms with E-state index in [9.17, 15) is 9.59 Å². The normalized spacial score (nSPS) is 17.2. The fraction of sp³-hybridized carbons (Fsp3) is 0.389. The van der Waals surface area contributed by atoms with Crippen molar-refractivity contribution in [1.29, 1.82) is 0 Å². The Morgan fingerprint density at radius 1 is 1.21 bits per heavy atom. The third kappa shape index (κ3) is 2.58. The van der Waals surface area contributed by atoms with Crippen molar-refractivity contribution in [3.05, 3.63) is 47.8 Å². The lowest BCUT2D eigenvalue weighted by atomic mass is 9.97. The number of carbonyl (C=O) groups excluding carboxylic acids is 2. The molecule has 3 rings (SSSR count). The molecule has 2 aromatic rings. The van der Waals surface area contributed by atoms with Crippen LogP contribution in [0, 0.1) is 6.92 Å². The van der Waals surface area contributed by atoms with Gasteiger partial charge in [-0.1, -0.05) is 18.2 Å². The van der Waals surface area contributed by atoms with E-state index in [1.165, 1.54) is 0 Å². The number of rotatable bonds is 2. The van der Waals surface area contributed by atoms with E-state index in [1.54, 1.807) is 47.8 Å². The number of likely N-dealkylation sites (N-methyl/N-ethyl adjacent to an activating group) is 1. The molecule has 6 heteroatoms. The highest BCUT2D eigenvalue weighted by molar-refractivity contribution is 5.99. The van der Waals surface area contributed by atoms with E-state index in [2.05, 4.69) is 5.10 Å². The highest BCUT2D eigenvalue weighted by atomic mass is 16.2. The number of carbonyl (C=O) groups is 2. The molecule has 0 saturated carbocycles. The van der Waals surface area contributed by atoms with E-state index in [-0.39, 0.29) is 11.8 Å². The number of benzene rings is 1. The minimum atomic E-state index is -0.852. The highest BCUT2D eigenvalue weighted by Crippen LogP contribution is 2.24. The zero-order valence-electron chi connectivity index (χ0n) is 14.5. The molecule has 1 aromatic carbocycles. The summed E-state index contributed by atoms with van der Waals surface area (Å²) in [6.45, 7) is 6.63. The number of aromatic nitrogens is 2. The average Bonchev–Trinajstić information content (AvgIpc) is 3.02. The second-order valence-electron chi connectivity index (χ2n) is 6.70. The zero-order chi connectivity index (χ0) is 17.5.